The average molecular weight is 871 g/mol. The van der Waals surface area contributed by atoms with E-state index < -0.39 is 92.7 Å². The molecule has 61 heavy (non-hydrogen) atoms. The number of hydrogen-bond acceptors (Lipinski definition) is 15. The lowest BCUT2D eigenvalue weighted by Gasteiger charge is -2.42. The first-order valence-electron chi connectivity index (χ1n) is 22.7. The van der Waals surface area contributed by atoms with Crippen LogP contribution in [0.4, 0.5) is 0 Å². The van der Waals surface area contributed by atoms with Crippen molar-refractivity contribution in [3.8, 4) is 0 Å². The van der Waals surface area contributed by atoms with Gasteiger partial charge in [-0.1, -0.05) is 120 Å². The summed E-state index contributed by atoms with van der Waals surface area (Å²) in [5.74, 6) is -0.956. The second-order valence-corrected chi connectivity index (χ2v) is 15.9. The fourth-order valence-corrected chi connectivity index (χ4v) is 6.79. The van der Waals surface area contributed by atoms with Gasteiger partial charge in [-0.05, 0) is 51.4 Å². The molecule has 0 saturated carbocycles. The lowest BCUT2D eigenvalue weighted by atomic mass is 9.98. The van der Waals surface area contributed by atoms with E-state index in [1.54, 1.807) is 0 Å². The van der Waals surface area contributed by atoms with Gasteiger partial charge in [0, 0.05) is 12.8 Å². The Morgan fingerprint density at radius 3 is 1.62 bits per heavy atom. The summed E-state index contributed by atoms with van der Waals surface area (Å²) in [6, 6.07) is 0. The summed E-state index contributed by atoms with van der Waals surface area (Å²) >= 11 is 0. The molecule has 0 spiro atoms. The van der Waals surface area contributed by atoms with Gasteiger partial charge in [0.15, 0.2) is 18.7 Å². The second-order valence-electron chi connectivity index (χ2n) is 15.9. The van der Waals surface area contributed by atoms with E-state index >= 15 is 0 Å². The minimum absolute atomic E-state index is 0.148. The zero-order chi connectivity index (χ0) is 44.7. The topological polar surface area (TPSA) is 231 Å². The highest BCUT2D eigenvalue weighted by Crippen LogP contribution is 2.26. The van der Waals surface area contributed by atoms with Crippen LogP contribution in [0.2, 0.25) is 0 Å². The number of ether oxygens (including phenoxy) is 6. The summed E-state index contributed by atoms with van der Waals surface area (Å²) in [7, 11) is 0. The molecule has 0 aliphatic carbocycles. The Morgan fingerprint density at radius 2 is 1.03 bits per heavy atom. The molecular formula is C46H78O15. The lowest BCUT2D eigenvalue weighted by Crippen LogP contribution is -2.61. The molecule has 2 aliphatic rings. The van der Waals surface area contributed by atoms with Crippen LogP contribution in [0, 0.1) is 0 Å². The third-order valence-electron chi connectivity index (χ3n) is 10.6. The van der Waals surface area contributed by atoms with Crippen LogP contribution in [-0.2, 0) is 38.0 Å². The minimum Gasteiger partial charge on any atom is -0.462 e. The first-order valence-corrected chi connectivity index (χ1v) is 22.7. The largest absolute Gasteiger partial charge is 0.462 e. The molecule has 15 heteroatoms. The number of esters is 2. The Labute approximate surface area is 363 Å². The molecule has 11 unspecified atom stereocenters. The van der Waals surface area contributed by atoms with Gasteiger partial charge in [0.1, 0.15) is 55.4 Å². The first kappa shape index (κ1) is 54.6. The maximum Gasteiger partial charge on any atom is 0.306 e. The standard InChI is InChI=1S/C46H78O15/c1-3-5-7-9-11-12-13-14-15-16-17-18-19-20-21-22-23-25-27-29-38(49)59-34(31-56-37(48)28-26-24-10-8-6-4-2)32-57-45-44(55)42(53)40(51)36(61-45)33-58-46-43(54)41(52)39(50)35(30-47)60-46/h5,7,11-12,14-15,17-18,34-36,39-47,50-55H,3-4,6,8-10,13,16,19-33H2,1-2H3/b7-5-,12-11-,15-14-,18-17-. The lowest BCUT2D eigenvalue weighted by molar-refractivity contribution is -0.332. The molecule has 2 fully saturated rings. The van der Waals surface area contributed by atoms with Gasteiger partial charge in [-0.2, -0.15) is 0 Å². The Hall–Kier alpha value is -2.54. The number of unbranched alkanes of at least 4 members (excludes halogenated alkanes) is 11. The van der Waals surface area contributed by atoms with Gasteiger partial charge in [-0.15, -0.1) is 0 Å². The van der Waals surface area contributed by atoms with Gasteiger partial charge < -0.3 is 64.2 Å². The van der Waals surface area contributed by atoms with Crippen LogP contribution in [0.15, 0.2) is 48.6 Å². The number of aliphatic hydroxyl groups is 7. The van der Waals surface area contributed by atoms with Gasteiger partial charge in [0.25, 0.3) is 0 Å². The predicted octanol–water partition coefficient (Wildman–Crippen LogP) is 4.76. The number of rotatable bonds is 33. The number of carbonyl (C=O) groups excluding carboxylic acids is 2. The molecule has 11 atom stereocenters. The van der Waals surface area contributed by atoms with Crippen LogP contribution >= 0.6 is 0 Å². The molecule has 7 N–H and O–H groups in total. The molecular weight excluding hydrogens is 792 g/mol. The van der Waals surface area contributed by atoms with Crippen LogP contribution in [0.5, 0.6) is 0 Å². The Bertz CT molecular complexity index is 1260. The molecule has 2 aliphatic heterocycles. The van der Waals surface area contributed by atoms with E-state index in [9.17, 15) is 45.3 Å². The number of carbonyl (C=O) groups is 2. The summed E-state index contributed by atoms with van der Waals surface area (Å²) in [5, 5.41) is 71.7. The quantitative estimate of drug-likeness (QED) is 0.0268. The molecule has 2 heterocycles. The van der Waals surface area contributed by atoms with Crippen molar-refractivity contribution in [1.82, 2.24) is 0 Å². The molecule has 2 saturated heterocycles. The van der Waals surface area contributed by atoms with Crippen molar-refractivity contribution in [2.24, 2.45) is 0 Å². The smallest absolute Gasteiger partial charge is 0.306 e. The highest BCUT2D eigenvalue weighted by molar-refractivity contribution is 5.70. The Balaban J connectivity index is 1.81. The first-order chi connectivity index (χ1) is 29.5. The van der Waals surface area contributed by atoms with Crippen molar-refractivity contribution in [2.45, 2.75) is 203 Å². The van der Waals surface area contributed by atoms with E-state index in [-0.39, 0.29) is 26.1 Å². The minimum atomic E-state index is -1.77. The summed E-state index contributed by atoms with van der Waals surface area (Å²) in [5.41, 5.74) is 0. The molecule has 15 nitrogen and oxygen atoms in total. The van der Waals surface area contributed by atoms with Crippen molar-refractivity contribution in [1.29, 1.82) is 0 Å². The molecule has 0 bridgehead atoms. The predicted molar refractivity (Wildman–Crippen MR) is 229 cm³/mol. The van der Waals surface area contributed by atoms with E-state index in [1.807, 2.05) is 0 Å². The van der Waals surface area contributed by atoms with Crippen molar-refractivity contribution in [3.05, 3.63) is 48.6 Å². The number of aliphatic hydroxyl groups excluding tert-OH is 7. The zero-order valence-electron chi connectivity index (χ0n) is 36.6. The van der Waals surface area contributed by atoms with E-state index in [0.717, 1.165) is 96.3 Å². The molecule has 0 radical (unpaired) electrons. The maximum absolute atomic E-state index is 12.9. The normalized spacial score (nSPS) is 27.8. The van der Waals surface area contributed by atoms with Crippen LogP contribution < -0.4 is 0 Å². The summed E-state index contributed by atoms with van der Waals surface area (Å²) in [6.45, 7) is 2.36. The van der Waals surface area contributed by atoms with Crippen molar-refractivity contribution in [2.75, 3.05) is 26.4 Å². The SMILES string of the molecule is CC/C=C\C/C=C\C/C=C\C/C=C\CCCCCCCCC(=O)OC(COC(=O)CCCCCCCC)COC1OC(COC2OC(CO)C(O)C(O)C2O)C(O)C(O)C1O. The molecule has 352 valence electrons. The Kier molecular flexibility index (Phi) is 30.4. The highest BCUT2D eigenvalue weighted by Gasteiger charge is 2.47. The van der Waals surface area contributed by atoms with Crippen LogP contribution in [-0.4, -0.2) is 142 Å². The maximum atomic E-state index is 12.9. The summed E-state index contributed by atoms with van der Waals surface area (Å²) in [4.78, 5) is 25.4. The highest BCUT2D eigenvalue weighted by atomic mass is 16.7. The summed E-state index contributed by atoms with van der Waals surface area (Å²) < 4.78 is 33.3. The van der Waals surface area contributed by atoms with E-state index in [0.29, 0.717) is 12.8 Å². The zero-order valence-corrected chi connectivity index (χ0v) is 36.6. The fourth-order valence-electron chi connectivity index (χ4n) is 6.79. The third-order valence-corrected chi connectivity index (χ3v) is 10.6. The van der Waals surface area contributed by atoms with Crippen LogP contribution in [0.3, 0.4) is 0 Å². The van der Waals surface area contributed by atoms with Crippen molar-refractivity contribution in [3.63, 3.8) is 0 Å². The number of allylic oxidation sites excluding steroid dienone is 8. The molecule has 2 rings (SSSR count). The van der Waals surface area contributed by atoms with E-state index in [4.69, 9.17) is 28.4 Å². The van der Waals surface area contributed by atoms with Gasteiger partial charge in [0.2, 0.25) is 0 Å². The van der Waals surface area contributed by atoms with E-state index in [2.05, 4.69) is 62.5 Å². The van der Waals surface area contributed by atoms with Gasteiger partial charge >= 0.3 is 11.9 Å². The molecule has 0 aromatic heterocycles. The fraction of sp³-hybridized carbons (Fsp3) is 0.783. The monoisotopic (exact) mass is 871 g/mol. The van der Waals surface area contributed by atoms with Crippen LogP contribution in [0.25, 0.3) is 0 Å². The van der Waals surface area contributed by atoms with Crippen molar-refractivity contribution < 1.29 is 73.8 Å². The summed E-state index contributed by atoms with van der Waals surface area (Å²) in [6.07, 6.45) is 17.6. The molecule has 0 aromatic rings. The second kappa shape index (κ2) is 33.9. The van der Waals surface area contributed by atoms with Gasteiger partial charge in [-0.25, -0.2) is 0 Å². The van der Waals surface area contributed by atoms with Gasteiger partial charge in [-0.3, -0.25) is 9.59 Å². The van der Waals surface area contributed by atoms with E-state index in [1.165, 1.54) is 0 Å². The average Bonchev–Trinajstić information content (AvgIpc) is 3.25. The number of hydrogen-bond donors (Lipinski definition) is 7. The van der Waals surface area contributed by atoms with Crippen molar-refractivity contribution >= 4 is 11.9 Å². The molecule has 0 amide bonds. The van der Waals surface area contributed by atoms with Gasteiger partial charge in [0.05, 0.1) is 19.8 Å². The van der Waals surface area contributed by atoms with Crippen LogP contribution in [0.1, 0.15) is 136 Å². The Morgan fingerprint density at radius 1 is 0.541 bits per heavy atom. The third kappa shape index (κ3) is 23.1. The molecule has 0 aromatic carbocycles.